The molecule has 0 unspecified atom stereocenters. The van der Waals surface area contributed by atoms with Gasteiger partial charge in [0.15, 0.2) is 0 Å². The highest BCUT2D eigenvalue weighted by Crippen LogP contribution is 2.23. The molecule has 1 aromatic rings. The van der Waals surface area contributed by atoms with Crippen LogP contribution >= 0.6 is 0 Å². The largest absolute Gasteiger partial charge is 0.492 e. The Hall–Kier alpha value is -1.26. The molecule has 1 saturated heterocycles. The van der Waals surface area contributed by atoms with E-state index in [0.717, 1.165) is 55.4 Å². The van der Waals surface area contributed by atoms with Crippen molar-refractivity contribution in [3.8, 4) is 5.75 Å². The average molecular weight is 250 g/mol. The molecule has 0 spiro atoms. The fourth-order valence-corrected chi connectivity index (χ4v) is 2.14. The number of benzene rings is 1. The molecule has 2 N–H and O–H groups in total. The molecule has 4 nitrogen and oxygen atoms in total. The Labute approximate surface area is 109 Å². The zero-order valence-electron chi connectivity index (χ0n) is 11.2. The Morgan fingerprint density at radius 3 is 2.44 bits per heavy atom. The van der Waals surface area contributed by atoms with E-state index < -0.39 is 0 Å². The van der Waals surface area contributed by atoms with Crippen molar-refractivity contribution in [3.05, 3.63) is 23.3 Å². The summed E-state index contributed by atoms with van der Waals surface area (Å²) in [5.74, 6) is 0.910. The maximum absolute atomic E-state index is 5.92. The first kappa shape index (κ1) is 13.2. The van der Waals surface area contributed by atoms with E-state index in [0.29, 0.717) is 6.61 Å². The van der Waals surface area contributed by atoms with Gasteiger partial charge in [0.2, 0.25) is 0 Å². The third kappa shape index (κ3) is 3.37. The van der Waals surface area contributed by atoms with Crippen LogP contribution in [0, 0.1) is 13.8 Å². The molecule has 1 aliphatic heterocycles. The Kier molecular flexibility index (Phi) is 4.44. The molecule has 0 radical (unpaired) electrons. The summed E-state index contributed by atoms with van der Waals surface area (Å²) in [7, 11) is 0. The molecule has 1 aliphatic rings. The summed E-state index contributed by atoms with van der Waals surface area (Å²) in [6.45, 7) is 9.36. The summed E-state index contributed by atoms with van der Waals surface area (Å²) in [5.41, 5.74) is 8.94. The highest BCUT2D eigenvalue weighted by Gasteiger charge is 2.10. The van der Waals surface area contributed by atoms with Gasteiger partial charge >= 0.3 is 0 Å². The molecule has 1 aromatic carbocycles. The third-order valence-electron chi connectivity index (χ3n) is 3.35. The van der Waals surface area contributed by atoms with E-state index in [9.17, 15) is 0 Å². The van der Waals surface area contributed by atoms with Gasteiger partial charge in [0, 0.05) is 25.3 Å². The topological polar surface area (TPSA) is 47.7 Å². The molecule has 18 heavy (non-hydrogen) atoms. The molecular formula is C14H22N2O2. The standard InChI is InChI=1S/C14H22N2O2/c1-11-9-13(10-12(2)14(11)15)18-8-5-16-3-6-17-7-4-16/h9-10H,3-8,15H2,1-2H3. The fraction of sp³-hybridized carbons (Fsp3) is 0.571. The zero-order chi connectivity index (χ0) is 13.0. The first-order valence-corrected chi connectivity index (χ1v) is 6.46. The first-order chi connectivity index (χ1) is 8.66. The lowest BCUT2D eigenvalue weighted by molar-refractivity contribution is 0.0322. The van der Waals surface area contributed by atoms with E-state index in [1.807, 2.05) is 26.0 Å². The van der Waals surface area contributed by atoms with E-state index >= 15 is 0 Å². The van der Waals surface area contributed by atoms with Gasteiger partial charge in [-0.25, -0.2) is 0 Å². The van der Waals surface area contributed by atoms with Gasteiger partial charge in [-0.1, -0.05) is 0 Å². The first-order valence-electron chi connectivity index (χ1n) is 6.46. The fourth-order valence-electron chi connectivity index (χ4n) is 2.14. The molecule has 0 bridgehead atoms. The third-order valence-corrected chi connectivity index (χ3v) is 3.35. The van der Waals surface area contributed by atoms with Crippen molar-refractivity contribution in [2.45, 2.75) is 13.8 Å². The van der Waals surface area contributed by atoms with Crippen LogP contribution in [0.3, 0.4) is 0 Å². The summed E-state index contributed by atoms with van der Waals surface area (Å²) >= 11 is 0. The van der Waals surface area contributed by atoms with Gasteiger partial charge < -0.3 is 15.2 Å². The quantitative estimate of drug-likeness (QED) is 0.825. The number of hydrogen-bond donors (Lipinski definition) is 1. The number of rotatable bonds is 4. The molecule has 0 atom stereocenters. The number of morpholine rings is 1. The summed E-state index contributed by atoms with van der Waals surface area (Å²) in [5, 5.41) is 0. The van der Waals surface area contributed by atoms with Crippen LogP contribution in [0.15, 0.2) is 12.1 Å². The van der Waals surface area contributed by atoms with Crippen molar-refractivity contribution < 1.29 is 9.47 Å². The van der Waals surface area contributed by atoms with Crippen LogP contribution in [0.25, 0.3) is 0 Å². The van der Waals surface area contributed by atoms with Crippen molar-refractivity contribution in [2.75, 3.05) is 45.2 Å². The van der Waals surface area contributed by atoms with Crippen LogP contribution in [0.2, 0.25) is 0 Å². The van der Waals surface area contributed by atoms with Gasteiger partial charge in [-0.2, -0.15) is 0 Å². The minimum absolute atomic E-state index is 0.711. The minimum atomic E-state index is 0.711. The van der Waals surface area contributed by atoms with Crippen molar-refractivity contribution in [1.82, 2.24) is 4.90 Å². The molecule has 4 heteroatoms. The van der Waals surface area contributed by atoms with Gasteiger partial charge in [-0.3, -0.25) is 4.90 Å². The van der Waals surface area contributed by atoms with Gasteiger partial charge in [0.25, 0.3) is 0 Å². The second-order valence-corrected chi connectivity index (χ2v) is 4.77. The highest BCUT2D eigenvalue weighted by atomic mass is 16.5. The van der Waals surface area contributed by atoms with E-state index in [-0.39, 0.29) is 0 Å². The Morgan fingerprint density at radius 1 is 1.22 bits per heavy atom. The molecule has 0 aromatic heterocycles. The van der Waals surface area contributed by atoms with E-state index in [1.165, 1.54) is 0 Å². The van der Waals surface area contributed by atoms with Crippen LogP contribution in [0.1, 0.15) is 11.1 Å². The number of anilines is 1. The maximum Gasteiger partial charge on any atom is 0.120 e. The number of aryl methyl sites for hydroxylation is 2. The van der Waals surface area contributed by atoms with Crippen LogP contribution in [-0.2, 0) is 4.74 Å². The lowest BCUT2D eigenvalue weighted by Crippen LogP contribution is -2.38. The normalized spacial score (nSPS) is 16.8. The van der Waals surface area contributed by atoms with Crippen molar-refractivity contribution in [1.29, 1.82) is 0 Å². The van der Waals surface area contributed by atoms with Gasteiger partial charge in [-0.05, 0) is 37.1 Å². The van der Waals surface area contributed by atoms with E-state index in [4.69, 9.17) is 15.2 Å². The Balaban J connectivity index is 1.82. The lowest BCUT2D eigenvalue weighted by atomic mass is 10.1. The molecule has 100 valence electrons. The minimum Gasteiger partial charge on any atom is -0.492 e. The number of nitrogens with zero attached hydrogens (tertiary/aromatic N) is 1. The zero-order valence-corrected chi connectivity index (χ0v) is 11.2. The number of ether oxygens (including phenoxy) is 2. The Morgan fingerprint density at radius 2 is 1.83 bits per heavy atom. The highest BCUT2D eigenvalue weighted by molar-refractivity contribution is 5.56. The number of nitrogen functional groups attached to an aromatic ring is 1. The van der Waals surface area contributed by atoms with Crippen LogP contribution < -0.4 is 10.5 Å². The van der Waals surface area contributed by atoms with Gasteiger partial charge in [0.1, 0.15) is 12.4 Å². The molecule has 0 aliphatic carbocycles. The average Bonchev–Trinajstić information content (AvgIpc) is 2.37. The van der Waals surface area contributed by atoms with E-state index in [1.54, 1.807) is 0 Å². The van der Waals surface area contributed by atoms with Crippen LogP contribution in [0.5, 0.6) is 5.75 Å². The molecule has 0 saturated carbocycles. The van der Waals surface area contributed by atoms with Crippen molar-refractivity contribution in [2.24, 2.45) is 0 Å². The van der Waals surface area contributed by atoms with Crippen LogP contribution in [-0.4, -0.2) is 44.4 Å². The number of nitrogens with two attached hydrogens (primary N) is 1. The lowest BCUT2D eigenvalue weighted by Gasteiger charge is -2.26. The molecule has 2 rings (SSSR count). The van der Waals surface area contributed by atoms with Crippen molar-refractivity contribution >= 4 is 5.69 Å². The number of hydrogen-bond acceptors (Lipinski definition) is 4. The van der Waals surface area contributed by atoms with Crippen molar-refractivity contribution in [3.63, 3.8) is 0 Å². The smallest absolute Gasteiger partial charge is 0.120 e. The second kappa shape index (κ2) is 6.07. The summed E-state index contributed by atoms with van der Waals surface area (Å²) in [6.07, 6.45) is 0. The van der Waals surface area contributed by atoms with E-state index in [2.05, 4.69) is 4.90 Å². The molecule has 1 fully saturated rings. The predicted molar refractivity (Wildman–Crippen MR) is 73.1 cm³/mol. The predicted octanol–water partition coefficient (Wildman–Crippen LogP) is 1.60. The monoisotopic (exact) mass is 250 g/mol. The van der Waals surface area contributed by atoms with Crippen LogP contribution in [0.4, 0.5) is 5.69 Å². The summed E-state index contributed by atoms with van der Waals surface area (Å²) in [4.78, 5) is 2.36. The summed E-state index contributed by atoms with van der Waals surface area (Å²) < 4.78 is 11.1. The second-order valence-electron chi connectivity index (χ2n) is 4.77. The summed E-state index contributed by atoms with van der Waals surface area (Å²) in [6, 6.07) is 4.00. The molecule has 1 heterocycles. The Bertz CT molecular complexity index is 378. The van der Waals surface area contributed by atoms with Gasteiger partial charge in [0.05, 0.1) is 13.2 Å². The van der Waals surface area contributed by atoms with Gasteiger partial charge in [-0.15, -0.1) is 0 Å². The maximum atomic E-state index is 5.92. The molecular weight excluding hydrogens is 228 g/mol. The molecule has 0 amide bonds. The SMILES string of the molecule is Cc1cc(OCCN2CCOCC2)cc(C)c1N.